The molecule has 2 N–H and O–H groups in total. The summed E-state index contributed by atoms with van der Waals surface area (Å²) in [5, 5.41) is 0.371. The first kappa shape index (κ1) is 12.9. The zero-order valence-corrected chi connectivity index (χ0v) is 10.5. The average molecular weight is 275 g/mol. The van der Waals surface area contributed by atoms with Gasteiger partial charge in [0.2, 0.25) is 0 Å². The molecule has 0 aliphatic carbocycles. The molecule has 0 saturated carbocycles. The highest BCUT2D eigenvalue weighted by Gasteiger charge is 2.31. The maximum atomic E-state index is 12.4. The minimum atomic E-state index is -4.23. The summed E-state index contributed by atoms with van der Waals surface area (Å²) < 4.78 is 38.0. The summed E-state index contributed by atoms with van der Waals surface area (Å²) >= 11 is 1.22. The molecule has 3 nitrogen and oxygen atoms in total. The lowest BCUT2D eigenvalue weighted by Crippen LogP contribution is -2.33. The van der Waals surface area contributed by atoms with Crippen LogP contribution in [0.3, 0.4) is 0 Å². The van der Waals surface area contributed by atoms with E-state index in [1.54, 1.807) is 25.1 Å². The van der Waals surface area contributed by atoms with Crippen molar-refractivity contribution in [3.8, 4) is 0 Å². The van der Waals surface area contributed by atoms with Crippen molar-refractivity contribution in [3.63, 3.8) is 0 Å². The minimum Gasteiger partial charge on any atom is -0.399 e. The average Bonchev–Trinajstić information content (AvgIpc) is 2.67. The van der Waals surface area contributed by atoms with Crippen molar-refractivity contribution >= 4 is 32.4 Å². The van der Waals surface area contributed by atoms with Crippen LogP contribution in [-0.2, 0) is 0 Å². The zero-order chi connectivity index (χ0) is 13.3. The van der Waals surface area contributed by atoms with E-state index >= 15 is 0 Å². The molecular weight excluding hydrogens is 263 g/mol. The third-order valence-corrected chi connectivity index (χ3v) is 3.50. The molecule has 0 saturated heterocycles. The molecule has 0 spiro atoms. The molecule has 2 aromatic rings. The van der Waals surface area contributed by atoms with Gasteiger partial charge in [-0.1, -0.05) is 11.3 Å². The summed E-state index contributed by atoms with van der Waals surface area (Å²) in [6.45, 7) is 0.944. The van der Waals surface area contributed by atoms with Crippen molar-refractivity contribution in [2.75, 3.05) is 23.7 Å². The number of thiazole rings is 1. The number of hydrogen-bond donors (Lipinski definition) is 1. The molecule has 7 heteroatoms. The van der Waals surface area contributed by atoms with Crippen molar-refractivity contribution < 1.29 is 13.2 Å². The topological polar surface area (TPSA) is 42.2 Å². The molecule has 0 aliphatic heterocycles. The predicted octanol–water partition coefficient (Wildman–Crippen LogP) is 3.27. The second-order valence-electron chi connectivity index (χ2n) is 3.85. The van der Waals surface area contributed by atoms with E-state index in [4.69, 9.17) is 5.73 Å². The summed E-state index contributed by atoms with van der Waals surface area (Å²) in [6.07, 6.45) is -4.23. The van der Waals surface area contributed by atoms with Crippen LogP contribution in [0, 0.1) is 0 Å². The molecule has 0 fully saturated rings. The van der Waals surface area contributed by atoms with Gasteiger partial charge in [-0.05, 0) is 25.1 Å². The Morgan fingerprint density at radius 1 is 1.39 bits per heavy atom. The van der Waals surface area contributed by atoms with Gasteiger partial charge in [0.25, 0.3) is 0 Å². The van der Waals surface area contributed by atoms with Gasteiger partial charge in [-0.2, -0.15) is 13.2 Å². The van der Waals surface area contributed by atoms with E-state index in [9.17, 15) is 13.2 Å². The highest BCUT2D eigenvalue weighted by atomic mass is 32.1. The Morgan fingerprint density at radius 3 is 2.72 bits per heavy atom. The van der Waals surface area contributed by atoms with Gasteiger partial charge in [0.1, 0.15) is 6.54 Å². The van der Waals surface area contributed by atoms with E-state index in [1.807, 2.05) is 0 Å². The lowest BCUT2D eigenvalue weighted by molar-refractivity contribution is -0.119. The van der Waals surface area contributed by atoms with Gasteiger partial charge in [0.15, 0.2) is 5.13 Å². The maximum absolute atomic E-state index is 12.4. The Labute approximate surface area is 106 Å². The number of nitrogen functional groups attached to an aromatic ring is 1. The molecule has 0 aliphatic rings. The Morgan fingerprint density at radius 2 is 2.11 bits per heavy atom. The Hall–Kier alpha value is -1.50. The summed E-state index contributed by atoms with van der Waals surface area (Å²) in [5.74, 6) is 0. The fraction of sp³-hybridized carbons (Fsp3) is 0.364. The van der Waals surface area contributed by atoms with Crippen LogP contribution < -0.4 is 10.6 Å². The van der Waals surface area contributed by atoms with Crippen LogP contribution >= 0.6 is 11.3 Å². The lowest BCUT2D eigenvalue weighted by Gasteiger charge is -2.20. The van der Waals surface area contributed by atoms with E-state index in [0.717, 1.165) is 4.70 Å². The second-order valence-corrected chi connectivity index (χ2v) is 4.86. The molecule has 0 unspecified atom stereocenters. The van der Waals surface area contributed by atoms with Crippen LogP contribution in [0.2, 0.25) is 0 Å². The number of aromatic nitrogens is 1. The van der Waals surface area contributed by atoms with Crippen LogP contribution in [0.25, 0.3) is 10.2 Å². The smallest absolute Gasteiger partial charge is 0.399 e. The van der Waals surface area contributed by atoms with Crippen LogP contribution in [0.15, 0.2) is 18.2 Å². The van der Waals surface area contributed by atoms with Crippen LogP contribution in [0.5, 0.6) is 0 Å². The molecular formula is C11H12F3N3S. The quantitative estimate of drug-likeness (QED) is 0.874. The number of anilines is 2. The summed E-state index contributed by atoms with van der Waals surface area (Å²) in [4.78, 5) is 5.41. The maximum Gasteiger partial charge on any atom is 0.406 e. The molecule has 98 valence electrons. The van der Waals surface area contributed by atoms with Crippen molar-refractivity contribution in [1.82, 2.24) is 4.98 Å². The molecule has 0 bridgehead atoms. The van der Waals surface area contributed by atoms with Gasteiger partial charge in [0.05, 0.1) is 10.2 Å². The van der Waals surface area contributed by atoms with Crippen molar-refractivity contribution in [1.29, 1.82) is 0 Å². The summed E-state index contributed by atoms with van der Waals surface area (Å²) in [6, 6.07) is 5.12. The highest BCUT2D eigenvalue weighted by molar-refractivity contribution is 7.22. The minimum absolute atomic E-state index is 0.259. The molecule has 0 amide bonds. The van der Waals surface area contributed by atoms with Crippen LogP contribution in [-0.4, -0.2) is 24.2 Å². The Kier molecular flexibility index (Phi) is 3.34. The second kappa shape index (κ2) is 4.64. The summed E-state index contributed by atoms with van der Waals surface area (Å²) in [5.41, 5.74) is 6.88. The molecule has 18 heavy (non-hydrogen) atoms. The first-order chi connectivity index (χ1) is 8.39. The van der Waals surface area contributed by atoms with Gasteiger partial charge in [-0.25, -0.2) is 4.98 Å². The van der Waals surface area contributed by atoms with Gasteiger partial charge >= 0.3 is 6.18 Å². The molecule has 1 aromatic heterocycles. The van der Waals surface area contributed by atoms with Crippen LogP contribution in [0.1, 0.15) is 6.92 Å². The normalized spacial score (nSPS) is 12.0. The number of nitrogens with zero attached hydrogens (tertiary/aromatic N) is 2. The number of fused-ring (bicyclic) bond motifs is 1. The number of hydrogen-bond acceptors (Lipinski definition) is 4. The number of alkyl halides is 3. The van der Waals surface area contributed by atoms with Crippen molar-refractivity contribution in [2.45, 2.75) is 13.1 Å². The fourth-order valence-electron chi connectivity index (χ4n) is 1.60. The van der Waals surface area contributed by atoms with Gasteiger partial charge in [-0.3, -0.25) is 0 Å². The molecule has 1 heterocycles. The highest BCUT2D eigenvalue weighted by Crippen LogP contribution is 2.31. The molecule has 1 aromatic carbocycles. The number of rotatable bonds is 3. The Balaban J connectivity index is 2.34. The fourth-order valence-corrected chi connectivity index (χ4v) is 2.67. The van der Waals surface area contributed by atoms with E-state index in [-0.39, 0.29) is 6.54 Å². The first-order valence-corrected chi connectivity index (χ1v) is 6.18. The van der Waals surface area contributed by atoms with E-state index in [2.05, 4.69) is 4.98 Å². The predicted molar refractivity (Wildman–Crippen MR) is 68.0 cm³/mol. The molecule has 0 radical (unpaired) electrons. The monoisotopic (exact) mass is 275 g/mol. The van der Waals surface area contributed by atoms with Gasteiger partial charge < -0.3 is 10.6 Å². The number of benzene rings is 1. The SMILES string of the molecule is CCN(CC(F)(F)F)c1nc2ccc(N)cc2s1. The van der Waals surface area contributed by atoms with Crippen LogP contribution in [0.4, 0.5) is 24.0 Å². The van der Waals surface area contributed by atoms with E-state index in [1.165, 1.54) is 16.2 Å². The Bertz CT molecular complexity index is 550. The standard InChI is InChI=1S/C11H12F3N3S/c1-2-17(6-11(12,13)14)10-16-8-4-3-7(15)5-9(8)18-10/h3-5H,2,6,15H2,1H3. The molecule has 2 rings (SSSR count). The number of nitrogens with two attached hydrogens (primary N) is 1. The zero-order valence-electron chi connectivity index (χ0n) is 9.66. The molecule has 0 atom stereocenters. The van der Waals surface area contributed by atoms with Crippen molar-refractivity contribution in [2.24, 2.45) is 0 Å². The van der Waals surface area contributed by atoms with Crippen molar-refractivity contribution in [3.05, 3.63) is 18.2 Å². The van der Waals surface area contributed by atoms with E-state index in [0.29, 0.717) is 16.3 Å². The first-order valence-electron chi connectivity index (χ1n) is 5.37. The van der Waals surface area contributed by atoms with Gasteiger partial charge in [0, 0.05) is 12.2 Å². The third kappa shape index (κ3) is 2.84. The van der Waals surface area contributed by atoms with Gasteiger partial charge in [-0.15, -0.1) is 0 Å². The summed E-state index contributed by atoms with van der Waals surface area (Å²) in [7, 11) is 0. The van der Waals surface area contributed by atoms with E-state index < -0.39 is 12.7 Å². The number of halogens is 3. The lowest BCUT2D eigenvalue weighted by atomic mass is 10.3. The largest absolute Gasteiger partial charge is 0.406 e. The third-order valence-electron chi connectivity index (χ3n) is 2.42.